The third-order valence-electron chi connectivity index (χ3n) is 4.15. The fraction of sp³-hybridized carbons (Fsp3) is 0.150. The quantitative estimate of drug-likeness (QED) is 0.559. The average molecular weight is 319 g/mol. The van der Waals surface area contributed by atoms with Crippen molar-refractivity contribution in [3.8, 4) is 17.0 Å². The molecule has 0 amide bonds. The van der Waals surface area contributed by atoms with Gasteiger partial charge in [0.05, 0.1) is 17.8 Å². The normalized spacial score (nSPS) is 11.2. The van der Waals surface area contributed by atoms with Gasteiger partial charge in [-0.15, -0.1) is 0 Å². The highest BCUT2D eigenvalue weighted by Gasteiger charge is 2.20. The van der Waals surface area contributed by atoms with Crippen LogP contribution in [0.15, 0.2) is 57.7 Å². The minimum Gasteiger partial charge on any atom is -0.491 e. The van der Waals surface area contributed by atoms with Gasteiger partial charge in [0.2, 0.25) is 0 Å². The van der Waals surface area contributed by atoms with Crippen LogP contribution in [0, 0.1) is 6.92 Å². The Hall–Kier alpha value is -3.01. The number of ether oxygens (including phenoxy) is 1. The molecule has 2 aromatic heterocycles. The lowest BCUT2D eigenvalue weighted by Gasteiger charge is -2.05. The van der Waals surface area contributed by atoms with Crippen molar-refractivity contribution in [3.63, 3.8) is 0 Å². The maximum Gasteiger partial charge on any atom is 0.349 e. The molecule has 0 saturated carbocycles. The third kappa shape index (κ3) is 2.19. The summed E-state index contributed by atoms with van der Waals surface area (Å²) in [5, 5.41) is 1.33. The van der Waals surface area contributed by atoms with E-state index in [4.69, 9.17) is 9.15 Å². The summed E-state index contributed by atoms with van der Waals surface area (Å²) in [6.07, 6.45) is 0. The second-order valence-corrected chi connectivity index (χ2v) is 5.76. The maximum atomic E-state index is 12.5. The summed E-state index contributed by atoms with van der Waals surface area (Å²) in [5.74, 6) is 0.552. The zero-order valence-corrected chi connectivity index (χ0v) is 13.6. The molecule has 0 radical (unpaired) electrons. The van der Waals surface area contributed by atoms with Crippen molar-refractivity contribution in [1.29, 1.82) is 0 Å². The zero-order chi connectivity index (χ0) is 16.7. The SMILES string of the molecule is CCOc1c(-c2ccc(C)cc2)[nH]c2c1c(=O)oc1ccccc12. The lowest BCUT2D eigenvalue weighted by atomic mass is 10.1. The second-order valence-electron chi connectivity index (χ2n) is 5.76. The number of aryl methyl sites for hydroxylation is 1. The standard InChI is InChI=1S/C20H17NO3/c1-3-23-19-16-18(14-6-4-5-7-15(14)24-20(16)22)21-17(19)13-10-8-12(2)9-11-13/h4-11,21H,3H2,1-2H3. The monoisotopic (exact) mass is 319 g/mol. The molecule has 2 aromatic carbocycles. The highest BCUT2D eigenvalue weighted by atomic mass is 16.5. The Bertz CT molecular complexity index is 1090. The van der Waals surface area contributed by atoms with Gasteiger partial charge >= 0.3 is 5.63 Å². The summed E-state index contributed by atoms with van der Waals surface area (Å²) in [6, 6.07) is 15.6. The van der Waals surface area contributed by atoms with E-state index in [1.54, 1.807) is 6.07 Å². The number of aromatic amines is 1. The van der Waals surface area contributed by atoms with E-state index in [-0.39, 0.29) is 5.63 Å². The second kappa shape index (κ2) is 5.57. The van der Waals surface area contributed by atoms with E-state index in [1.807, 2.05) is 56.3 Å². The number of aromatic nitrogens is 1. The number of para-hydroxylation sites is 1. The molecule has 0 bridgehead atoms. The van der Waals surface area contributed by atoms with E-state index in [9.17, 15) is 4.79 Å². The van der Waals surface area contributed by atoms with Crippen molar-refractivity contribution in [2.75, 3.05) is 6.61 Å². The van der Waals surface area contributed by atoms with E-state index in [1.165, 1.54) is 5.56 Å². The van der Waals surface area contributed by atoms with Crippen LogP contribution in [0.1, 0.15) is 12.5 Å². The first-order valence-electron chi connectivity index (χ1n) is 7.96. The third-order valence-corrected chi connectivity index (χ3v) is 4.15. The molecule has 4 heteroatoms. The molecule has 0 aliphatic carbocycles. The molecule has 1 N–H and O–H groups in total. The van der Waals surface area contributed by atoms with Crippen molar-refractivity contribution in [2.45, 2.75) is 13.8 Å². The summed E-state index contributed by atoms with van der Waals surface area (Å²) in [5.41, 5.74) is 3.88. The largest absolute Gasteiger partial charge is 0.491 e. The molecular formula is C20H17NO3. The van der Waals surface area contributed by atoms with Gasteiger partial charge in [-0.3, -0.25) is 0 Å². The molecule has 0 saturated heterocycles. The smallest absolute Gasteiger partial charge is 0.349 e. The van der Waals surface area contributed by atoms with Gasteiger partial charge in [-0.05, 0) is 26.0 Å². The molecule has 4 aromatic rings. The summed E-state index contributed by atoms with van der Waals surface area (Å²) >= 11 is 0. The first-order valence-corrected chi connectivity index (χ1v) is 7.96. The van der Waals surface area contributed by atoms with Crippen LogP contribution in [0.3, 0.4) is 0 Å². The Labute approximate surface area is 138 Å². The summed E-state index contributed by atoms with van der Waals surface area (Å²) in [6.45, 7) is 4.42. The van der Waals surface area contributed by atoms with E-state index >= 15 is 0 Å². The lowest BCUT2D eigenvalue weighted by molar-refractivity contribution is 0.345. The summed E-state index contributed by atoms with van der Waals surface area (Å²) < 4.78 is 11.3. The molecule has 0 spiro atoms. The molecule has 0 atom stereocenters. The molecule has 24 heavy (non-hydrogen) atoms. The first-order chi connectivity index (χ1) is 11.7. The highest BCUT2D eigenvalue weighted by molar-refractivity contribution is 6.07. The predicted molar refractivity (Wildman–Crippen MR) is 95.7 cm³/mol. The van der Waals surface area contributed by atoms with Gasteiger partial charge in [-0.25, -0.2) is 4.79 Å². The number of rotatable bonds is 3. The topological polar surface area (TPSA) is 55.2 Å². The number of benzene rings is 2. The number of hydrogen-bond donors (Lipinski definition) is 1. The first kappa shape index (κ1) is 14.6. The molecule has 0 aliphatic rings. The molecule has 0 fully saturated rings. The Morgan fingerprint density at radius 1 is 1.08 bits per heavy atom. The van der Waals surface area contributed by atoms with Crippen LogP contribution in [0.25, 0.3) is 33.1 Å². The fourth-order valence-electron chi connectivity index (χ4n) is 3.00. The van der Waals surface area contributed by atoms with Gasteiger partial charge in [-0.2, -0.15) is 0 Å². The van der Waals surface area contributed by atoms with E-state index in [0.29, 0.717) is 23.3 Å². The van der Waals surface area contributed by atoms with E-state index < -0.39 is 0 Å². The Morgan fingerprint density at radius 2 is 1.83 bits per heavy atom. The minimum absolute atomic E-state index is 0.387. The van der Waals surface area contributed by atoms with Crippen molar-refractivity contribution >= 4 is 21.9 Å². The number of fused-ring (bicyclic) bond motifs is 3. The Balaban J connectivity index is 2.12. The van der Waals surface area contributed by atoms with Gasteiger partial charge in [0.1, 0.15) is 11.0 Å². The van der Waals surface area contributed by atoms with Gasteiger partial charge in [0, 0.05) is 10.9 Å². The van der Waals surface area contributed by atoms with Crippen LogP contribution in [-0.4, -0.2) is 11.6 Å². The molecule has 4 nitrogen and oxygen atoms in total. The maximum absolute atomic E-state index is 12.5. The highest BCUT2D eigenvalue weighted by Crippen LogP contribution is 2.38. The van der Waals surface area contributed by atoms with Crippen LogP contribution in [0.5, 0.6) is 5.75 Å². The molecule has 120 valence electrons. The number of hydrogen-bond acceptors (Lipinski definition) is 3. The van der Waals surface area contributed by atoms with Crippen LogP contribution in [0.2, 0.25) is 0 Å². The molecule has 0 unspecified atom stereocenters. The van der Waals surface area contributed by atoms with Gasteiger partial charge in [0.25, 0.3) is 0 Å². The average Bonchev–Trinajstić information content (AvgIpc) is 2.96. The molecule has 4 rings (SSSR count). The van der Waals surface area contributed by atoms with Crippen LogP contribution in [-0.2, 0) is 0 Å². The Kier molecular flexibility index (Phi) is 3.38. The summed E-state index contributed by atoms with van der Waals surface area (Å²) in [7, 11) is 0. The summed E-state index contributed by atoms with van der Waals surface area (Å²) in [4.78, 5) is 15.9. The fourth-order valence-corrected chi connectivity index (χ4v) is 3.00. The van der Waals surface area contributed by atoms with Crippen LogP contribution < -0.4 is 10.4 Å². The van der Waals surface area contributed by atoms with E-state index in [0.717, 1.165) is 22.2 Å². The van der Waals surface area contributed by atoms with Crippen LogP contribution >= 0.6 is 0 Å². The van der Waals surface area contributed by atoms with Gasteiger partial charge in [-0.1, -0.05) is 42.0 Å². The van der Waals surface area contributed by atoms with E-state index in [2.05, 4.69) is 4.98 Å². The predicted octanol–water partition coefficient (Wildman–Crippen LogP) is 4.65. The van der Waals surface area contributed by atoms with Crippen molar-refractivity contribution in [3.05, 3.63) is 64.5 Å². The van der Waals surface area contributed by atoms with Crippen molar-refractivity contribution < 1.29 is 9.15 Å². The molecular weight excluding hydrogens is 302 g/mol. The number of nitrogens with one attached hydrogen (secondary N) is 1. The molecule has 0 aliphatic heterocycles. The van der Waals surface area contributed by atoms with Crippen molar-refractivity contribution in [2.24, 2.45) is 0 Å². The van der Waals surface area contributed by atoms with Crippen molar-refractivity contribution in [1.82, 2.24) is 4.98 Å². The zero-order valence-electron chi connectivity index (χ0n) is 13.6. The lowest BCUT2D eigenvalue weighted by Crippen LogP contribution is -2.01. The molecule has 2 heterocycles. The van der Waals surface area contributed by atoms with Gasteiger partial charge in [0.15, 0.2) is 5.75 Å². The minimum atomic E-state index is -0.387. The van der Waals surface area contributed by atoms with Crippen LogP contribution in [0.4, 0.5) is 0 Å². The van der Waals surface area contributed by atoms with Gasteiger partial charge < -0.3 is 14.1 Å². The Morgan fingerprint density at radius 3 is 2.58 bits per heavy atom. The number of H-pyrrole nitrogens is 1.